The van der Waals surface area contributed by atoms with Gasteiger partial charge in [-0.15, -0.1) is 5.10 Å². The molecule has 2 heterocycles. The maximum atomic E-state index is 13.5. The third kappa shape index (κ3) is 3.45. The lowest BCUT2D eigenvalue weighted by Gasteiger charge is -2.06. The molecule has 0 unspecified atom stereocenters. The molecule has 0 saturated carbocycles. The first-order valence-corrected chi connectivity index (χ1v) is 9.19. The van der Waals surface area contributed by atoms with Gasteiger partial charge >= 0.3 is 0 Å². The summed E-state index contributed by atoms with van der Waals surface area (Å²) in [5.41, 5.74) is 1.86. The van der Waals surface area contributed by atoms with E-state index < -0.39 is 15.8 Å². The van der Waals surface area contributed by atoms with Crippen LogP contribution in [-0.2, 0) is 10.0 Å². The number of primary sulfonamides is 1. The number of aromatic nitrogens is 5. The molecule has 0 bridgehead atoms. The van der Waals surface area contributed by atoms with Gasteiger partial charge in [-0.2, -0.15) is 9.67 Å². The predicted octanol–water partition coefficient (Wildman–Crippen LogP) is 1.74. The summed E-state index contributed by atoms with van der Waals surface area (Å²) < 4.78 is 37.5. The number of hydrogen-bond acceptors (Lipinski definition) is 7. The Morgan fingerprint density at radius 1 is 1.11 bits per heavy atom. The van der Waals surface area contributed by atoms with Gasteiger partial charge in [0.25, 0.3) is 0 Å². The van der Waals surface area contributed by atoms with E-state index in [0.29, 0.717) is 22.5 Å². The Labute approximate surface area is 152 Å². The van der Waals surface area contributed by atoms with Gasteiger partial charge in [0.2, 0.25) is 16.0 Å². The summed E-state index contributed by atoms with van der Waals surface area (Å²) in [5, 5.41) is 16.0. The lowest BCUT2D eigenvalue weighted by Crippen LogP contribution is -2.11. The fourth-order valence-corrected chi connectivity index (χ4v) is 2.94. The Kier molecular flexibility index (Phi) is 4.01. The third-order valence-electron chi connectivity index (χ3n) is 3.68. The summed E-state index contributed by atoms with van der Waals surface area (Å²) in [6.07, 6.45) is 1.48. The molecule has 2 aromatic heterocycles. The first kappa shape index (κ1) is 17.0. The summed E-state index contributed by atoms with van der Waals surface area (Å²) in [6.45, 7) is 0. The number of nitrogens with two attached hydrogens (primary N) is 1. The summed E-state index contributed by atoms with van der Waals surface area (Å²) in [6, 6.07) is 11.7. The highest BCUT2D eigenvalue weighted by Crippen LogP contribution is 2.19. The summed E-state index contributed by atoms with van der Waals surface area (Å²) in [7, 11) is -3.76. The number of nitrogens with one attached hydrogen (secondary N) is 1. The van der Waals surface area contributed by atoms with Gasteiger partial charge in [0.15, 0.2) is 11.2 Å². The standard InChI is InChI=1S/C16H12FN7O2S/c17-10-2-1-3-12(8-10)24-15-14(22-23-24)9-19-16(21-15)20-11-4-6-13(7-5-11)27(18,25)26/h1-9H,(H2,18,25,26)(H,19,20,21). The van der Waals surface area contributed by atoms with E-state index in [1.807, 2.05) is 0 Å². The number of rotatable bonds is 4. The highest BCUT2D eigenvalue weighted by atomic mass is 32.2. The first-order chi connectivity index (χ1) is 12.9. The van der Waals surface area contributed by atoms with Crippen molar-refractivity contribution < 1.29 is 12.8 Å². The van der Waals surface area contributed by atoms with Gasteiger partial charge in [-0.3, -0.25) is 0 Å². The lowest BCUT2D eigenvalue weighted by atomic mass is 10.3. The van der Waals surface area contributed by atoms with E-state index in [4.69, 9.17) is 5.14 Å². The zero-order chi connectivity index (χ0) is 19.0. The van der Waals surface area contributed by atoms with Crippen LogP contribution >= 0.6 is 0 Å². The number of halogens is 1. The number of anilines is 2. The highest BCUT2D eigenvalue weighted by molar-refractivity contribution is 7.89. The number of hydrogen-bond donors (Lipinski definition) is 2. The second-order valence-electron chi connectivity index (χ2n) is 5.58. The van der Waals surface area contributed by atoms with E-state index in [9.17, 15) is 12.8 Å². The van der Waals surface area contributed by atoms with Crippen molar-refractivity contribution in [3.63, 3.8) is 0 Å². The highest BCUT2D eigenvalue weighted by Gasteiger charge is 2.11. The summed E-state index contributed by atoms with van der Waals surface area (Å²) >= 11 is 0. The molecule has 0 spiro atoms. The van der Waals surface area contributed by atoms with E-state index in [1.165, 1.54) is 47.3 Å². The Hall–Kier alpha value is -3.44. The van der Waals surface area contributed by atoms with Gasteiger partial charge in [-0.25, -0.2) is 22.9 Å². The molecular formula is C16H12FN7O2S. The van der Waals surface area contributed by atoms with Gasteiger partial charge in [-0.1, -0.05) is 11.3 Å². The smallest absolute Gasteiger partial charge is 0.238 e. The molecular weight excluding hydrogens is 373 g/mol. The summed E-state index contributed by atoms with van der Waals surface area (Å²) in [5.74, 6) is -0.163. The Morgan fingerprint density at radius 2 is 1.89 bits per heavy atom. The van der Waals surface area contributed by atoms with Crippen molar-refractivity contribution in [2.45, 2.75) is 4.90 Å². The van der Waals surface area contributed by atoms with Gasteiger partial charge < -0.3 is 5.32 Å². The normalized spacial score (nSPS) is 11.6. The number of fused-ring (bicyclic) bond motifs is 1. The molecule has 4 aromatic rings. The van der Waals surface area contributed by atoms with Crippen LogP contribution in [-0.4, -0.2) is 33.4 Å². The van der Waals surface area contributed by atoms with Crippen LogP contribution in [0.5, 0.6) is 0 Å². The van der Waals surface area contributed by atoms with Crippen molar-refractivity contribution in [2.24, 2.45) is 5.14 Å². The lowest BCUT2D eigenvalue weighted by molar-refractivity contribution is 0.598. The molecule has 4 rings (SSSR count). The molecule has 0 aliphatic carbocycles. The number of benzene rings is 2. The largest absolute Gasteiger partial charge is 0.324 e. The van der Waals surface area contributed by atoms with Crippen LogP contribution in [0.2, 0.25) is 0 Å². The van der Waals surface area contributed by atoms with Crippen molar-refractivity contribution in [1.82, 2.24) is 25.0 Å². The zero-order valence-electron chi connectivity index (χ0n) is 13.6. The van der Waals surface area contributed by atoms with Crippen LogP contribution in [0, 0.1) is 5.82 Å². The van der Waals surface area contributed by atoms with Crippen LogP contribution in [0.25, 0.3) is 16.9 Å². The molecule has 27 heavy (non-hydrogen) atoms. The third-order valence-corrected chi connectivity index (χ3v) is 4.61. The zero-order valence-corrected chi connectivity index (χ0v) is 14.4. The SMILES string of the molecule is NS(=O)(=O)c1ccc(Nc2ncc3nnn(-c4cccc(F)c4)c3n2)cc1. The van der Waals surface area contributed by atoms with Crippen LogP contribution in [0.15, 0.2) is 59.6 Å². The van der Waals surface area contributed by atoms with Gasteiger partial charge in [0.1, 0.15) is 5.82 Å². The maximum absolute atomic E-state index is 13.5. The van der Waals surface area contributed by atoms with Crippen LogP contribution in [0.4, 0.5) is 16.0 Å². The van der Waals surface area contributed by atoms with Gasteiger partial charge in [0.05, 0.1) is 16.8 Å². The topological polar surface area (TPSA) is 129 Å². The van der Waals surface area contributed by atoms with Crippen molar-refractivity contribution in [2.75, 3.05) is 5.32 Å². The molecule has 0 radical (unpaired) electrons. The van der Waals surface area contributed by atoms with E-state index in [1.54, 1.807) is 12.1 Å². The molecule has 0 fully saturated rings. The van der Waals surface area contributed by atoms with E-state index in [2.05, 4.69) is 25.6 Å². The molecule has 0 amide bonds. The molecule has 0 atom stereocenters. The fourth-order valence-electron chi connectivity index (χ4n) is 2.43. The predicted molar refractivity (Wildman–Crippen MR) is 95.5 cm³/mol. The quantitative estimate of drug-likeness (QED) is 0.547. The average Bonchev–Trinajstić information content (AvgIpc) is 3.05. The van der Waals surface area contributed by atoms with E-state index >= 15 is 0 Å². The molecule has 0 aliphatic rings. The fraction of sp³-hybridized carbons (Fsp3) is 0. The molecule has 136 valence electrons. The van der Waals surface area contributed by atoms with Crippen molar-refractivity contribution in [3.05, 3.63) is 60.5 Å². The van der Waals surface area contributed by atoms with Crippen molar-refractivity contribution in [1.29, 1.82) is 0 Å². The number of sulfonamides is 1. The van der Waals surface area contributed by atoms with Gasteiger partial charge in [-0.05, 0) is 42.5 Å². The monoisotopic (exact) mass is 385 g/mol. The average molecular weight is 385 g/mol. The number of nitrogens with zero attached hydrogens (tertiary/aromatic N) is 5. The van der Waals surface area contributed by atoms with Crippen LogP contribution in [0.1, 0.15) is 0 Å². The van der Waals surface area contributed by atoms with Crippen molar-refractivity contribution >= 4 is 32.8 Å². The minimum absolute atomic E-state index is 0.00204. The first-order valence-electron chi connectivity index (χ1n) is 7.64. The molecule has 9 nitrogen and oxygen atoms in total. The van der Waals surface area contributed by atoms with Crippen LogP contribution in [0.3, 0.4) is 0 Å². The van der Waals surface area contributed by atoms with E-state index in [-0.39, 0.29) is 10.8 Å². The molecule has 11 heteroatoms. The second kappa shape index (κ2) is 6.37. The molecule has 2 aromatic carbocycles. The second-order valence-corrected chi connectivity index (χ2v) is 7.14. The molecule has 0 aliphatic heterocycles. The Balaban J connectivity index is 1.68. The minimum atomic E-state index is -3.76. The Morgan fingerprint density at radius 3 is 2.59 bits per heavy atom. The van der Waals surface area contributed by atoms with E-state index in [0.717, 1.165) is 0 Å². The summed E-state index contributed by atoms with van der Waals surface area (Å²) in [4.78, 5) is 8.50. The van der Waals surface area contributed by atoms with Crippen molar-refractivity contribution in [3.8, 4) is 5.69 Å². The van der Waals surface area contributed by atoms with Crippen LogP contribution < -0.4 is 10.5 Å². The minimum Gasteiger partial charge on any atom is -0.324 e. The maximum Gasteiger partial charge on any atom is 0.238 e. The molecule has 0 saturated heterocycles. The Bertz CT molecular complexity index is 1240. The molecule has 3 N–H and O–H groups in total. The van der Waals surface area contributed by atoms with Gasteiger partial charge in [0, 0.05) is 5.69 Å².